The number of hydrogen-bond acceptors (Lipinski definition) is 3. The van der Waals surface area contributed by atoms with Crippen molar-refractivity contribution in [2.45, 2.75) is 37.7 Å². The summed E-state index contributed by atoms with van der Waals surface area (Å²) in [5.41, 5.74) is -0.107. The van der Waals surface area contributed by atoms with E-state index in [1.165, 1.54) is 0 Å². The molecule has 98 valence electrons. The van der Waals surface area contributed by atoms with E-state index in [4.69, 9.17) is 4.74 Å². The normalized spacial score (nSPS) is 17.4. The van der Waals surface area contributed by atoms with Crippen molar-refractivity contribution in [1.29, 1.82) is 0 Å². The first-order chi connectivity index (χ1) is 8.61. The highest BCUT2D eigenvalue weighted by atomic mass is 16.5. The molecule has 1 saturated carbocycles. The topological polar surface area (TPSA) is 58.6 Å². The third-order valence-electron chi connectivity index (χ3n) is 3.38. The molecule has 1 aliphatic rings. The minimum atomic E-state index is -0.803. The molecular weight excluding hydrogens is 230 g/mol. The summed E-state index contributed by atoms with van der Waals surface area (Å²) < 4.78 is 5.09. The van der Waals surface area contributed by atoms with Crippen molar-refractivity contribution >= 4 is 11.6 Å². The molecule has 0 unspecified atom stereocenters. The Morgan fingerprint density at radius 1 is 1.44 bits per heavy atom. The SMILES string of the molecule is COc1cccc(NC(=O)CC2(O)CCCC2)c1. The van der Waals surface area contributed by atoms with Gasteiger partial charge in [-0.1, -0.05) is 18.9 Å². The zero-order valence-corrected chi connectivity index (χ0v) is 10.6. The van der Waals surface area contributed by atoms with E-state index in [9.17, 15) is 9.90 Å². The van der Waals surface area contributed by atoms with Gasteiger partial charge in [0.15, 0.2) is 0 Å². The van der Waals surface area contributed by atoms with Gasteiger partial charge in [-0.25, -0.2) is 0 Å². The Morgan fingerprint density at radius 2 is 2.17 bits per heavy atom. The molecule has 0 radical (unpaired) electrons. The van der Waals surface area contributed by atoms with Crippen molar-refractivity contribution in [3.05, 3.63) is 24.3 Å². The van der Waals surface area contributed by atoms with Gasteiger partial charge in [0.05, 0.1) is 19.1 Å². The number of amides is 1. The van der Waals surface area contributed by atoms with Crippen LogP contribution in [0.3, 0.4) is 0 Å². The van der Waals surface area contributed by atoms with Crippen molar-refractivity contribution in [2.75, 3.05) is 12.4 Å². The summed E-state index contributed by atoms with van der Waals surface area (Å²) in [5, 5.41) is 12.9. The fourth-order valence-electron chi connectivity index (χ4n) is 2.41. The number of benzene rings is 1. The predicted molar refractivity (Wildman–Crippen MR) is 69.7 cm³/mol. The Labute approximate surface area is 107 Å². The van der Waals surface area contributed by atoms with Crippen LogP contribution < -0.4 is 10.1 Å². The molecule has 4 nitrogen and oxygen atoms in total. The van der Waals surface area contributed by atoms with E-state index in [-0.39, 0.29) is 12.3 Å². The van der Waals surface area contributed by atoms with E-state index in [1.54, 1.807) is 19.2 Å². The molecular formula is C14H19NO3. The van der Waals surface area contributed by atoms with E-state index < -0.39 is 5.60 Å². The molecule has 1 fully saturated rings. The largest absolute Gasteiger partial charge is 0.497 e. The van der Waals surface area contributed by atoms with Gasteiger partial charge in [0.2, 0.25) is 5.91 Å². The third-order valence-corrected chi connectivity index (χ3v) is 3.38. The molecule has 2 N–H and O–H groups in total. The molecule has 0 saturated heterocycles. The number of aliphatic hydroxyl groups is 1. The highest BCUT2D eigenvalue weighted by Gasteiger charge is 2.33. The minimum absolute atomic E-state index is 0.146. The minimum Gasteiger partial charge on any atom is -0.497 e. The summed E-state index contributed by atoms with van der Waals surface area (Å²) in [6, 6.07) is 7.20. The first kappa shape index (κ1) is 12.9. The maximum Gasteiger partial charge on any atom is 0.227 e. The number of rotatable bonds is 4. The second-order valence-corrected chi connectivity index (χ2v) is 4.89. The molecule has 0 aromatic heterocycles. The summed E-state index contributed by atoms with van der Waals surface area (Å²) in [4.78, 5) is 11.9. The average molecular weight is 249 g/mol. The van der Waals surface area contributed by atoms with Crippen molar-refractivity contribution < 1.29 is 14.6 Å². The van der Waals surface area contributed by atoms with E-state index in [1.807, 2.05) is 12.1 Å². The van der Waals surface area contributed by atoms with Gasteiger partial charge in [-0.05, 0) is 25.0 Å². The molecule has 1 amide bonds. The lowest BCUT2D eigenvalue weighted by Crippen LogP contribution is -2.30. The summed E-state index contributed by atoms with van der Waals surface area (Å²) in [5.74, 6) is 0.556. The summed E-state index contributed by atoms with van der Waals surface area (Å²) in [6.07, 6.45) is 3.62. The van der Waals surface area contributed by atoms with Crippen molar-refractivity contribution in [3.63, 3.8) is 0 Å². The van der Waals surface area contributed by atoms with Crippen LogP contribution in [0.4, 0.5) is 5.69 Å². The first-order valence-corrected chi connectivity index (χ1v) is 6.28. The van der Waals surface area contributed by atoms with Gasteiger partial charge in [-0.2, -0.15) is 0 Å². The highest BCUT2D eigenvalue weighted by molar-refractivity contribution is 5.91. The van der Waals surface area contributed by atoms with Crippen LogP contribution in [-0.2, 0) is 4.79 Å². The summed E-state index contributed by atoms with van der Waals surface area (Å²) in [6.45, 7) is 0. The smallest absolute Gasteiger partial charge is 0.227 e. The van der Waals surface area contributed by atoms with Gasteiger partial charge in [0.1, 0.15) is 5.75 Å². The third kappa shape index (κ3) is 3.23. The van der Waals surface area contributed by atoms with Gasteiger partial charge in [0, 0.05) is 11.8 Å². The monoisotopic (exact) mass is 249 g/mol. The van der Waals surface area contributed by atoms with Gasteiger partial charge < -0.3 is 15.2 Å². The van der Waals surface area contributed by atoms with Crippen LogP contribution in [0.2, 0.25) is 0 Å². The summed E-state index contributed by atoms with van der Waals surface area (Å²) >= 11 is 0. The average Bonchev–Trinajstić information content (AvgIpc) is 2.75. The zero-order chi connectivity index (χ0) is 13.0. The lowest BCUT2D eigenvalue weighted by molar-refractivity contribution is -0.120. The second kappa shape index (κ2) is 5.40. The van der Waals surface area contributed by atoms with E-state index in [0.717, 1.165) is 25.7 Å². The first-order valence-electron chi connectivity index (χ1n) is 6.28. The molecule has 0 aliphatic heterocycles. The van der Waals surface area contributed by atoms with Gasteiger partial charge in [-0.15, -0.1) is 0 Å². The molecule has 1 aromatic carbocycles. The molecule has 0 bridgehead atoms. The lowest BCUT2D eigenvalue weighted by Gasteiger charge is -2.21. The number of methoxy groups -OCH3 is 1. The summed E-state index contributed by atoms with van der Waals surface area (Å²) in [7, 11) is 1.59. The molecule has 0 spiro atoms. The van der Waals surface area contributed by atoms with Crippen molar-refractivity contribution in [2.24, 2.45) is 0 Å². The standard InChI is InChI=1S/C14H19NO3/c1-18-12-6-4-5-11(9-12)15-13(16)10-14(17)7-2-3-8-14/h4-6,9,17H,2-3,7-8,10H2,1H3,(H,15,16). The lowest BCUT2D eigenvalue weighted by atomic mass is 9.97. The van der Waals surface area contributed by atoms with Crippen LogP contribution in [0.5, 0.6) is 5.75 Å². The maximum absolute atomic E-state index is 11.9. The number of carbonyl (C=O) groups is 1. The van der Waals surface area contributed by atoms with Crippen LogP contribution in [0.15, 0.2) is 24.3 Å². The van der Waals surface area contributed by atoms with Crippen molar-refractivity contribution in [3.8, 4) is 5.75 Å². The Hall–Kier alpha value is -1.55. The van der Waals surface area contributed by atoms with E-state index in [2.05, 4.69) is 5.32 Å². The van der Waals surface area contributed by atoms with E-state index in [0.29, 0.717) is 11.4 Å². The van der Waals surface area contributed by atoms with Crippen LogP contribution in [-0.4, -0.2) is 23.7 Å². The fraction of sp³-hybridized carbons (Fsp3) is 0.500. The number of ether oxygens (including phenoxy) is 1. The Morgan fingerprint density at radius 3 is 2.83 bits per heavy atom. The molecule has 0 heterocycles. The molecule has 1 aliphatic carbocycles. The van der Waals surface area contributed by atoms with Crippen LogP contribution in [0, 0.1) is 0 Å². The molecule has 1 aromatic rings. The van der Waals surface area contributed by atoms with Gasteiger partial charge >= 0.3 is 0 Å². The molecule has 0 atom stereocenters. The van der Waals surface area contributed by atoms with Crippen LogP contribution in [0.1, 0.15) is 32.1 Å². The number of nitrogens with one attached hydrogen (secondary N) is 1. The molecule has 4 heteroatoms. The Kier molecular flexibility index (Phi) is 3.87. The fourth-order valence-corrected chi connectivity index (χ4v) is 2.41. The van der Waals surface area contributed by atoms with Crippen LogP contribution in [0.25, 0.3) is 0 Å². The number of anilines is 1. The van der Waals surface area contributed by atoms with Gasteiger partial charge in [-0.3, -0.25) is 4.79 Å². The predicted octanol–water partition coefficient (Wildman–Crippen LogP) is 2.33. The maximum atomic E-state index is 11.9. The number of carbonyl (C=O) groups excluding carboxylic acids is 1. The number of hydrogen-bond donors (Lipinski definition) is 2. The highest BCUT2D eigenvalue weighted by Crippen LogP contribution is 2.32. The second-order valence-electron chi connectivity index (χ2n) is 4.89. The van der Waals surface area contributed by atoms with Crippen molar-refractivity contribution in [1.82, 2.24) is 0 Å². The van der Waals surface area contributed by atoms with E-state index >= 15 is 0 Å². The zero-order valence-electron chi connectivity index (χ0n) is 10.6. The Balaban J connectivity index is 1.94. The quantitative estimate of drug-likeness (QED) is 0.861. The molecule has 18 heavy (non-hydrogen) atoms. The van der Waals surface area contributed by atoms with Gasteiger partial charge in [0.25, 0.3) is 0 Å². The Bertz CT molecular complexity index is 425. The molecule has 2 rings (SSSR count). The van der Waals surface area contributed by atoms with Crippen LogP contribution >= 0.6 is 0 Å².